The molecule has 1 unspecified atom stereocenters. The summed E-state index contributed by atoms with van der Waals surface area (Å²) >= 11 is 5.95. The molecule has 1 heterocycles. The van der Waals surface area contributed by atoms with E-state index in [1.165, 1.54) is 11.1 Å². The second-order valence-corrected chi connectivity index (χ2v) is 4.37. The minimum absolute atomic E-state index is 0.0513. The highest BCUT2D eigenvalue weighted by molar-refractivity contribution is 6.30. The lowest BCUT2D eigenvalue weighted by Crippen LogP contribution is -2.32. The standard InChI is InChI=1S/C12H14ClNO/c1-2-11(13)12(15)14-7-9-5-3-4-6-10(9)8-14/h3-6,11H,2,7-8H2,1H3. The molecule has 3 heteroatoms. The Morgan fingerprint density at radius 2 is 1.93 bits per heavy atom. The summed E-state index contributed by atoms with van der Waals surface area (Å²) in [5, 5.41) is -0.376. The number of halogens is 1. The van der Waals surface area contributed by atoms with Crippen molar-refractivity contribution in [3.63, 3.8) is 0 Å². The number of amides is 1. The van der Waals surface area contributed by atoms with E-state index in [2.05, 4.69) is 12.1 Å². The van der Waals surface area contributed by atoms with Crippen LogP contribution in [0.25, 0.3) is 0 Å². The monoisotopic (exact) mass is 223 g/mol. The molecule has 0 aliphatic carbocycles. The Hall–Kier alpha value is -1.02. The van der Waals surface area contributed by atoms with Crippen LogP contribution >= 0.6 is 11.6 Å². The van der Waals surface area contributed by atoms with Crippen molar-refractivity contribution in [3.05, 3.63) is 35.4 Å². The van der Waals surface area contributed by atoms with E-state index < -0.39 is 0 Å². The molecule has 0 spiro atoms. The molecule has 0 bridgehead atoms. The summed E-state index contributed by atoms with van der Waals surface area (Å²) < 4.78 is 0. The Morgan fingerprint density at radius 3 is 2.40 bits per heavy atom. The van der Waals surface area contributed by atoms with Crippen LogP contribution in [0.3, 0.4) is 0 Å². The van der Waals surface area contributed by atoms with Gasteiger partial charge in [-0.1, -0.05) is 31.2 Å². The highest BCUT2D eigenvalue weighted by Gasteiger charge is 2.26. The van der Waals surface area contributed by atoms with Gasteiger partial charge in [0, 0.05) is 13.1 Å². The first-order valence-electron chi connectivity index (χ1n) is 5.22. The summed E-state index contributed by atoms with van der Waals surface area (Å²) in [7, 11) is 0. The Kier molecular flexibility index (Phi) is 2.96. The number of hydrogen-bond donors (Lipinski definition) is 0. The molecule has 1 amide bonds. The van der Waals surface area contributed by atoms with Crippen molar-refractivity contribution < 1.29 is 4.79 Å². The summed E-state index contributed by atoms with van der Waals surface area (Å²) in [5.74, 6) is 0.0513. The van der Waals surface area contributed by atoms with Crippen molar-refractivity contribution >= 4 is 17.5 Å². The van der Waals surface area contributed by atoms with Gasteiger partial charge in [0.1, 0.15) is 5.38 Å². The van der Waals surface area contributed by atoms with E-state index in [4.69, 9.17) is 11.6 Å². The van der Waals surface area contributed by atoms with Gasteiger partial charge in [0.05, 0.1) is 0 Å². The first-order valence-corrected chi connectivity index (χ1v) is 5.65. The van der Waals surface area contributed by atoms with Crippen molar-refractivity contribution in [2.75, 3.05) is 0 Å². The predicted octanol–water partition coefficient (Wildman–Crippen LogP) is 2.55. The van der Waals surface area contributed by atoms with Gasteiger partial charge in [0.2, 0.25) is 5.91 Å². The highest BCUT2D eigenvalue weighted by Crippen LogP contribution is 2.23. The molecule has 1 aromatic rings. The van der Waals surface area contributed by atoms with Crippen molar-refractivity contribution in [2.24, 2.45) is 0 Å². The molecule has 2 rings (SSSR count). The zero-order valence-electron chi connectivity index (χ0n) is 8.74. The maximum atomic E-state index is 11.8. The average molecular weight is 224 g/mol. The van der Waals surface area contributed by atoms with Crippen molar-refractivity contribution in [1.29, 1.82) is 0 Å². The fraction of sp³-hybridized carbons (Fsp3) is 0.417. The zero-order valence-corrected chi connectivity index (χ0v) is 9.50. The number of alkyl halides is 1. The fourth-order valence-corrected chi connectivity index (χ4v) is 2.00. The number of nitrogens with zero attached hydrogens (tertiary/aromatic N) is 1. The molecule has 2 nitrogen and oxygen atoms in total. The third-order valence-electron chi connectivity index (χ3n) is 2.78. The Labute approximate surface area is 94.8 Å². The van der Waals surface area contributed by atoms with E-state index in [1.54, 1.807) is 0 Å². The Balaban J connectivity index is 2.10. The van der Waals surface area contributed by atoms with Gasteiger partial charge in [-0.05, 0) is 17.5 Å². The second kappa shape index (κ2) is 4.23. The number of benzene rings is 1. The van der Waals surface area contributed by atoms with Crippen LogP contribution in [0.1, 0.15) is 24.5 Å². The fourth-order valence-electron chi connectivity index (χ4n) is 1.86. The summed E-state index contributed by atoms with van der Waals surface area (Å²) in [4.78, 5) is 13.7. The normalized spacial score (nSPS) is 16.3. The molecule has 1 atom stereocenters. The van der Waals surface area contributed by atoms with Crippen molar-refractivity contribution in [3.8, 4) is 0 Å². The van der Waals surface area contributed by atoms with Crippen LogP contribution < -0.4 is 0 Å². The van der Waals surface area contributed by atoms with Crippen LogP contribution in [0.2, 0.25) is 0 Å². The lowest BCUT2D eigenvalue weighted by Gasteiger charge is -2.17. The minimum atomic E-state index is -0.376. The third kappa shape index (κ3) is 2.00. The SMILES string of the molecule is CCC(Cl)C(=O)N1Cc2ccccc2C1. The van der Waals surface area contributed by atoms with Gasteiger partial charge in [-0.3, -0.25) is 4.79 Å². The molecule has 1 aromatic carbocycles. The van der Waals surface area contributed by atoms with E-state index in [9.17, 15) is 4.79 Å². The molecule has 0 aromatic heterocycles. The Morgan fingerprint density at radius 1 is 1.40 bits per heavy atom. The zero-order chi connectivity index (χ0) is 10.8. The average Bonchev–Trinajstić information content (AvgIpc) is 2.70. The minimum Gasteiger partial charge on any atom is -0.333 e. The van der Waals surface area contributed by atoms with Crippen LogP contribution in [-0.4, -0.2) is 16.2 Å². The topological polar surface area (TPSA) is 20.3 Å². The molecular formula is C12H14ClNO. The van der Waals surface area contributed by atoms with Crippen molar-refractivity contribution in [1.82, 2.24) is 4.90 Å². The van der Waals surface area contributed by atoms with E-state index >= 15 is 0 Å². The second-order valence-electron chi connectivity index (χ2n) is 3.84. The number of hydrogen-bond acceptors (Lipinski definition) is 1. The van der Waals surface area contributed by atoms with Crippen molar-refractivity contribution in [2.45, 2.75) is 31.8 Å². The Bertz CT molecular complexity index is 353. The molecule has 0 radical (unpaired) electrons. The molecule has 0 saturated carbocycles. The number of carbonyl (C=O) groups excluding carboxylic acids is 1. The first-order chi connectivity index (χ1) is 7.22. The van der Waals surface area contributed by atoms with E-state index in [1.807, 2.05) is 24.0 Å². The van der Waals surface area contributed by atoms with Gasteiger partial charge in [-0.25, -0.2) is 0 Å². The van der Waals surface area contributed by atoms with Gasteiger partial charge >= 0.3 is 0 Å². The molecule has 0 fully saturated rings. The third-order valence-corrected chi connectivity index (χ3v) is 3.27. The smallest absolute Gasteiger partial charge is 0.241 e. The number of rotatable bonds is 2. The highest BCUT2D eigenvalue weighted by atomic mass is 35.5. The molecule has 80 valence electrons. The van der Waals surface area contributed by atoms with E-state index in [-0.39, 0.29) is 11.3 Å². The first kappa shape index (κ1) is 10.5. The molecule has 1 aliphatic rings. The van der Waals surface area contributed by atoms with Gasteiger partial charge in [0.15, 0.2) is 0 Å². The van der Waals surface area contributed by atoms with E-state index in [0.29, 0.717) is 19.5 Å². The van der Waals surface area contributed by atoms with Crippen LogP contribution in [0, 0.1) is 0 Å². The summed E-state index contributed by atoms with van der Waals surface area (Å²) in [5.41, 5.74) is 2.48. The van der Waals surface area contributed by atoms with Crippen LogP contribution in [0.4, 0.5) is 0 Å². The quantitative estimate of drug-likeness (QED) is 0.706. The molecule has 15 heavy (non-hydrogen) atoms. The van der Waals surface area contributed by atoms with Gasteiger partial charge in [-0.15, -0.1) is 11.6 Å². The maximum Gasteiger partial charge on any atom is 0.241 e. The van der Waals surface area contributed by atoms with Crippen LogP contribution in [0.5, 0.6) is 0 Å². The lowest BCUT2D eigenvalue weighted by molar-refractivity contribution is -0.131. The summed E-state index contributed by atoms with van der Waals surface area (Å²) in [6.45, 7) is 3.34. The number of fused-ring (bicyclic) bond motifs is 1. The number of carbonyl (C=O) groups is 1. The predicted molar refractivity (Wildman–Crippen MR) is 60.6 cm³/mol. The molecule has 0 saturated heterocycles. The van der Waals surface area contributed by atoms with E-state index in [0.717, 1.165) is 0 Å². The van der Waals surface area contributed by atoms with Crippen LogP contribution in [-0.2, 0) is 17.9 Å². The molecular weight excluding hydrogens is 210 g/mol. The summed E-state index contributed by atoms with van der Waals surface area (Å²) in [6.07, 6.45) is 0.688. The van der Waals surface area contributed by atoms with Gasteiger partial charge in [-0.2, -0.15) is 0 Å². The summed E-state index contributed by atoms with van der Waals surface area (Å²) in [6, 6.07) is 8.14. The van der Waals surface area contributed by atoms with Gasteiger partial charge < -0.3 is 4.90 Å². The maximum absolute atomic E-state index is 11.8. The van der Waals surface area contributed by atoms with Gasteiger partial charge in [0.25, 0.3) is 0 Å². The lowest BCUT2D eigenvalue weighted by atomic mass is 10.1. The van der Waals surface area contributed by atoms with Crippen LogP contribution in [0.15, 0.2) is 24.3 Å². The largest absolute Gasteiger partial charge is 0.333 e. The molecule has 1 aliphatic heterocycles. The molecule has 0 N–H and O–H groups in total.